The average Bonchev–Trinajstić information content (AvgIpc) is 2.17. The Balaban J connectivity index is 2.83. The second-order valence-electron chi connectivity index (χ2n) is 4.01. The number of allylic oxidation sites excluding steroid dienone is 1. The SMILES string of the molecule is C/C=C/P(=O)(Cc1ccccc1)OC(C)C. The third-order valence-corrected chi connectivity index (χ3v) is 4.35. The molecule has 0 aliphatic carbocycles. The Hall–Kier alpha value is -0.850. The highest BCUT2D eigenvalue weighted by Crippen LogP contribution is 2.52. The van der Waals surface area contributed by atoms with Crippen molar-refractivity contribution in [1.82, 2.24) is 0 Å². The second kappa shape index (κ2) is 6.03. The molecule has 2 nitrogen and oxygen atoms in total. The van der Waals surface area contributed by atoms with Crippen LogP contribution in [0, 0.1) is 0 Å². The third-order valence-electron chi connectivity index (χ3n) is 2.01. The molecule has 0 saturated heterocycles. The van der Waals surface area contributed by atoms with Crippen LogP contribution >= 0.6 is 7.37 Å². The molecule has 0 fully saturated rings. The van der Waals surface area contributed by atoms with Gasteiger partial charge in [0, 0.05) is 0 Å². The smallest absolute Gasteiger partial charge is 0.229 e. The molecule has 0 heterocycles. The third kappa shape index (κ3) is 4.34. The van der Waals surface area contributed by atoms with E-state index >= 15 is 0 Å². The van der Waals surface area contributed by atoms with E-state index in [1.54, 1.807) is 11.9 Å². The van der Waals surface area contributed by atoms with Gasteiger partial charge in [-0.05, 0) is 32.2 Å². The van der Waals surface area contributed by atoms with E-state index in [-0.39, 0.29) is 6.10 Å². The van der Waals surface area contributed by atoms with Crippen LogP contribution in [0.2, 0.25) is 0 Å². The highest BCUT2D eigenvalue weighted by molar-refractivity contribution is 7.61. The predicted molar refractivity (Wildman–Crippen MR) is 68.8 cm³/mol. The van der Waals surface area contributed by atoms with Gasteiger partial charge in [-0.1, -0.05) is 36.4 Å². The molecule has 1 aromatic carbocycles. The van der Waals surface area contributed by atoms with Crippen LogP contribution in [0.25, 0.3) is 0 Å². The van der Waals surface area contributed by atoms with Gasteiger partial charge in [0.1, 0.15) is 0 Å². The molecule has 0 radical (unpaired) electrons. The molecule has 0 amide bonds. The maximum absolute atomic E-state index is 12.5. The first-order chi connectivity index (χ1) is 7.56. The fraction of sp³-hybridized carbons (Fsp3) is 0.385. The Kier molecular flexibility index (Phi) is 4.98. The average molecular weight is 238 g/mol. The van der Waals surface area contributed by atoms with Gasteiger partial charge in [-0.2, -0.15) is 0 Å². The summed E-state index contributed by atoms with van der Waals surface area (Å²) < 4.78 is 18.0. The first-order valence-corrected chi connectivity index (χ1v) is 7.38. The van der Waals surface area contributed by atoms with E-state index in [1.807, 2.05) is 51.1 Å². The number of benzene rings is 1. The molecule has 1 unspecified atom stereocenters. The molecule has 1 atom stereocenters. The van der Waals surface area contributed by atoms with E-state index in [1.165, 1.54) is 0 Å². The maximum Gasteiger partial charge on any atom is 0.229 e. The van der Waals surface area contributed by atoms with Crippen LogP contribution in [0.4, 0.5) is 0 Å². The van der Waals surface area contributed by atoms with Gasteiger partial charge in [-0.15, -0.1) is 0 Å². The van der Waals surface area contributed by atoms with Crippen LogP contribution in [0.3, 0.4) is 0 Å². The fourth-order valence-electron chi connectivity index (χ4n) is 1.55. The lowest BCUT2D eigenvalue weighted by Crippen LogP contribution is -2.01. The van der Waals surface area contributed by atoms with Gasteiger partial charge in [0.25, 0.3) is 0 Å². The summed E-state index contributed by atoms with van der Waals surface area (Å²) in [6.45, 7) is 5.67. The molecule has 0 aromatic heterocycles. The largest absolute Gasteiger partial charge is 0.323 e. The lowest BCUT2D eigenvalue weighted by molar-refractivity contribution is 0.247. The second-order valence-corrected chi connectivity index (χ2v) is 6.28. The minimum absolute atomic E-state index is 0.0225. The van der Waals surface area contributed by atoms with Gasteiger partial charge in [-0.25, -0.2) is 0 Å². The quantitative estimate of drug-likeness (QED) is 0.709. The Morgan fingerprint density at radius 1 is 1.31 bits per heavy atom. The van der Waals surface area contributed by atoms with Gasteiger partial charge < -0.3 is 4.52 Å². The first-order valence-electron chi connectivity index (χ1n) is 5.50. The van der Waals surface area contributed by atoms with Gasteiger partial charge >= 0.3 is 0 Å². The van der Waals surface area contributed by atoms with Crippen LogP contribution in [0.5, 0.6) is 0 Å². The van der Waals surface area contributed by atoms with Crippen LogP contribution < -0.4 is 0 Å². The molecule has 3 heteroatoms. The van der Waals surface area contributed by atoms with Crippen molar-refractivity contribution in [2.45, 2.75) is 33.0 Å². The summed E-state index contributed by atoms with van der Waals surface area (Å²) in [6, 6.07) is 9.79. The number of rotatable bonds is 5. The van der Waals surface area contributed by atoms with Crippen LogP contribution in [0.1, 0.15) is 26.3 Å². The van der Waals surface area contributed by atoms with Crippen molar-refractivity contribution < 1.29 is 9.09 Å². The van der Waals surface area contributed by atoms with Crippen molar-refractivity contribution in [1.29, 1.82) is 0 Å². The molecule has 0 aliphatic rings. The van der Waals surface area contributed by atoms with Crippen molar-refractivity contribution in [3.8, 4) is 0 Å². The summed E-state index contributed by atoms with van der Waals surface area (Å²) >= 11 is 0. The zero-order valence-electron chi connectivity index (χ0n) is 10.1. The summed E-state index contributed by atoms with van der Waals surface area (Å²) in [4.78, 5) is 0. The Morgan fingerprint density at radius 3 is 2.44 bits per heavy atom. The van der Waals surface area contributed by atoms with Gasteiger partial charge in [0.2, 0.25) is 7.37 Å². The summed E-state index contributed by atoms with van der Waals surface area (Å²) in [5, 5.41) is 0. The summed E-state index contributed by atoms with van der Waals surface area (Å²) in [5.41, 5.74) is 1.05. The molecular weight excluding hydrogens is 219 g/mol. The zero-order valence-corrected chi connectivity index (χ0v) is 11.0. The maximum atomic E-state index is 12.5. The van der Waals surface area contributed by atoms with Crippen molar-refractivity contribution >= 4 is 7.37 Å². The first kappa shape index (κ1) is 13.2. The van der Waals surface area contributed by atoms with Crippen molar-refractivity contribution in [3.05, 3.63) is 47.8 Å². The molecule has 1 rings (SSSR count). The standard InChI is InChI=1S/C13H19O2P/c1-4-10-16(14,15-12(2)3)11-13-8-6-5-7-9-13/h4-10,12H,11H2,1-3H3/b10-4+. The molecule has 0 saturated carbocycles. The zero-order chi connectivity index (χ0) is 12.0. The van der Waals surface area contributed by atoms with E-state index in [4.69, 9.17) is 4.52 Å². The minimum Gasteiger partial charge on any atom is -0.323 e. The van der Waals surface area contributed by atoms with Crippen molar-refractivity contribution in [2.75, 3.05) is 0 Å². The van der Waals surface area contributed by atoms with E-state index in [9.17, 15) is 4.57 Å². The number of hydrogen-bond acceptors (Lipinski definition) is 2. The molecule has 0 aliphatic heterocycles. The van der Waals surface area contributed by atoms with Gasteiger partial charge in [-0.3, -0.25) is 4.57 Å². The Labute approximate surface area is 97.8 Å². The van der Waals surface area contributed by atoms with Crippen molar-refractivity contribution in [2.24, 2.45) is 0 Å². The van der Waals surface area contributed by atoms with Crippen LogP contribution in [-0.4, -0.2) is 6.10 Å². The van der Waals surface area contributed by atoms with Gasteiger partial charge in [0.15, 0.2) is 0 Å². The molecule has 16 heavy (non-hydrogen) atoms. The van der Waals surface area contributed by atoms with Gasteiger partial charge in [0.05, 0.1) is 12.3 Å². The summed E-state index contributed by atoms with van der Waals surface area (Å²) in [5.74, 6) is 1.69. The molecule has 1 aromatic rings. The predicted octanol–water partition coefficient (Wildman–Crippen LogP) is 4.42. The summed E-state index contributed by atoms with van der Waals surface area (Å²) in [7, 11) is -2.68. The van der Waals surface area contributed by atoms with Crippen molar-refractivity contribution in [3.63, 3.8) is 0 Å². The topological polar surface area (TPSA) is 26.3 Å². The van der Waals surface area contributed by atoms with Crippen LogP contribution in [0.15, 0.2) is 42.2 Å². The molecule has 0 N–H and O–H groups in total. The fourth-order valence-corrected chi connectivity index (χ4v) is 3.68. The summed E-state index contributed by atoms with van der Waals surface area (Å²) in [6.07, 6.45) is 2.24. The van der Waals surface area contributed by atoms with E-state index in [0.29, 0.717) is 6.16 Å². The van der Waals surface area contributed by atoms with E-state index in [0.717, 1.165) is 5.56 Å². The van der Waals surface area contributed by atoms with E-state index < -0.39 is 7.37 Å². The van der Waals surface area contributed by atoms with E-state index in [2.05, 4.69) is 0 Å². The number of hydrogen-bond donors (Lipinski definition) is 0. The highest BCUT2D eigenvalue weighted by Gasteiger charge is 2.21. The molecular formula is C13H19O2P. The lowest BCUT2D eigenvalue weighted by Gasteiger charge is -2.17. The highest BCUT2D eigenvalue weighted by atomic mass is 31.2. The normalized spacial score (nSPS) is 15.5. The Morgan fingerprint density at radius 2 is 1.94 bits per heavy atom. The van der Waals surface area contributed by atoms with Crippen LogP contribution in [-0.2, 0) is 15.3 Å². The lowest BCUT2D eigenvalue weighted by atomic mass is 10.2. The monoisotopic (exact) mass is 238 g/mol. The molecule has 0 spiro atoms. The minimum atomic E-state index is -2.68. The molecule has 0 bridgehead atoms. The Bertz CT molecular complexity index is 382. The molecule has 88 valence electrons.